The molecular weight excluding hydrogens is 475 g/mol. The number of carbonyl (C=O) groups is 1. The van der Waals surface area contributed by atoms with Gasteiger partial charge in [-0.15, -0.1) is 0 Å². The summed E-state index contributed by atoms with van der Waals surface area (Å²) in [6, 6.07) is 7.98. The molecule has 10 heteroatoms. The quantitative estimate of drug-likeness (QED) is 0.317. The summed E-state index contributed by atoms with van der Waals surface area (Å²) in [6.07, 6.45) is 2.33. The molecule has 1 aliphatic heterocycles. The SMILES string of the molecule is CCOCCCN1C(=O)/C(=C\c2c(C)c(C#N)c(=O)n(C)c2NCc2ccc(F)cc2)SC1=S. The molecule has 178 valence electrons. The fourth-order valence-corrected chi connectivity index (χ4v) is 4.82. The maximum Gasteiger partial charge on any atom is 0.270 e. The van der Waals surface area contributed by atoms with Crippen molar-refractivity contribution in [3.63, 3.8) is 0 Å². The molecule has 1 saturated heterocycles. The van der Waals surface area contributed by atoms with Crippen LogP contribution >= 0.6 is 24.0 Å². The van der Waals surface area contributed by atoms with E-state index in [1.807, 2.05) is 13.0 Å². The Kier molecular flexibility index (Phi) is 8.61. The van der Waals surface area contributed by atoms with Gasteiger partial charge >= 0.3 is 0 Å². The molecule has 1 aliphatic rings. The van der Waals surface area contributed by atoms with Crippen LogP contribution in [-0.2, 0) is 23.1 Å². The Morgan fingerprint density at radius 1 is 1.29 bits per heavy atom. The number of thiocarbonyl (C=S) groups is 1. The monoisotopic (exact) mass is 500 g/mol. The maximum atomic E-state index is 13.3. The van der Waals surface area contributed by atoms with Crippen LogP contribution in [0.15, 0.2) is 34.0 Å². The molecule has 1 aromatic heterocycles. The molecule has 0 atom stereocenters. The average Bonchev–Trinajstić information content (AvgIpc) is 3.08. The van der Waals surface area contributed by atoms with Crippen LogP contribution in [-0.4, -0.2) is 39.5 Å². The van der Waals surface area contributed by atoms with Gasteiger partial charge in [-0.2, -0.15) is 5.26 Å². The number of anilines is 1. The lowest BCUT2D eigenvalue weighted by molar-refractivity contribution is -0.122. The molecular formula is C24H25FN4O3S2. The number of nitrogens with zero attached hydrogens (tertiary/aromatic N) is 3. The number of amides is 1. The standard InChI is InChI=1S/C24H25FN4O3S2/c1-4-32-11-5-10-29-23(31)20(34-24(29)33)12-18-15(2)19(13-26)22(30)28(3)21(18)27-14-16-6-8-17(25)9-7-16/h6-9,12,27H,4-5,10-11,14H2,1-3H3/b20-12+. The molecule has 0 radical (unpaired) electrons. The Morgan fingerprint density at radius 3 is 2.65 bits per heavy atom. The third-order valence-corrected chi connectivity index (χ3v) is 6.77. The van der Waals surface area contributed by atoms with E-state index in [1.54, 1.807) is 37.1 Å². The second-order valence-electron chi connectivity index (χ2n) is 7.60. The number of hydrogen-bond acceptors (Lipinski definition) is 7. The molecule has 1 amide bonds. The minimum atomic E-state index is -0.442. The largest absolute Gasteiger partial charge is 0.382 e. The van der Waals surface area contributed by atoms with Crippen molar-refractivity contribution in [3.05, 3.63) is 67.6 Å². The molecule has 1 aromatic carbocycles. The lowest BCUT2D eigenvalue weighted by Crippen LogP contribution is -2.29. The fraction of sp³-hybridized carbons (Fsp3) is 0.333. The van der Waals surface area contributed by atoms with Crippen molar-refractivity contribution in [1.29, 1.82) is 5.26 Å². The van der Waals surface area contributed by atoms with E-state index in [1.165, 1.54) is 28.5 Å². The van der Waals surface area contributed by atoms with Gasteiger partial charge < -0.3 is 10.1 Å². The summed E-state index contributed by atoms with van der Waals surface area (Å²) in [5.41, 5.74) is 1.39. The van der Waals surface area contributed by atoms with E-state index in [-0.39, 0.29) is 17.3 Å². The average molecular weight is 501 g/mol. The summed E-state index contributed by atoms with van der Waals surface area (Å²) in [6.45, 7) is 5.51. The molecule has 7 nitrogen and oxygen atoms in total. The van der Waals surface area contributed by atoms with Crippen molar-refractivity contribution in [2.45, 2.75) is 26.8 Å². The second kappa shape index (κ2) is 11.4. The van der Waals surface area contributed by atoms with Gasteiger partial charge in [0.1, 0.15) is 27.6 Å². The van der Waals surface area contributed by atoms with Crippen LogP contribution in [0.5, 0.6) is 0 Å². The number of nitrogens with one attached hydrogen (secondary N) is 1. The predicted molar refractivity (Wildman–Crippen MR) is 136 cm³/mol. The summed E-state index contributed by atoms with van der Waals surface area (Å²) in [7, 11) is 1.56. The molecule has 0 spiro atoms. The highest BCUT2D eigenvalue weighted by atomic mass is 32.2. The van der Waals surface area contributed by atoms with Gasteiger partial charge in [-0.3, -0.25) is 19.1 Å². The number of ether oxygens (including phenoxy) is 1. The predicted octanol–water partition coefficient (Wildman–Crippen LogP) is 3.94. The van der Waals surface area contributed by atoms with Crippen molar-refractivity contribution in [2.24, 2.45) is 7.05 Å². The van der Waals surface area contributed by atoms with E-state index in [4.69, 9.17) is 17.0 Å². The minimum absolute atomic E-state index is 0.00766. The summed E-state index contributed by atoms with van der Waals surface area (Å²) >= 11 is 6.59. The molecule has 0 aliphatic carbocycles. The molecule has 3 rings (SSSR count). The number of benzene rings is 1. The number of hydrogen-bond donors (Lipinski definition) is 1. The van der Waals surface area contributed by atoms with Gasteiger partial charge in [-0.1, -0.05) is 36.1 Å². The van der Waals surface area contributed by atoms with Crippen LogP contribution in [0.1, 0.15) is 35.6 Å². The lowest BCUT2D eigenvalue weighted by Gasteiger charge is -2.18. The number of aromatic nitrogens is 1. The zero-order valence-corrected chi connectivity index (χ0v) is 20.8. The van der Waals surface area contributed by atoms with Crippen LogP contribution in [0.2, 0.25) is 0 Å². The number of pyridine rings is 1. The number of rotatable bonds is 9. The van der Waals surface area contributed by atoms with Gasteiger partial charge in [0.05, 0.1) is 4.91 Å². The van der Waals surface area contributed by atoms with E-state index < -0.39 is 5.56 Å². The molecule has 2 aromatic rings. The van der Waals surface area contributed by atoms with Crippen LogP contribution in [0.4, 0.5) is 10.2 Å². The summed E-state index contributed by atoms with van der Waals surface area (Å²) in [5, 5.41) is 12.8. The topological polar surface area (TPSA) is 87.4 Å². The van der Waals surface area contributed by atoms with Crippen molar-refractivity contribution in [2.75, 3.05) is 25.1 Å². The van der Waals surface area contributed by atoms with Gasteiger partial charge in [0, 0.05) is 38.9 Å². The molecule has 0 saturated carbocycles. The van der Waals surface area contributed by atoms with Gasteiger partial charge in [-0.05, 0) is 49.6 Å². The Hall–Kier alpha value is -3.00. The molecule has 0 unspecified atom stereocenters. The smallest absolute Gasteiger partial charge is 0.270 e. The first-order chi connectivity index (χ1) is 16.3. The zero-order chi connectivity index (χ0) is 24.8. The fourth-order valence-electron chi connectivity index (χ4n) is 3.53. The van der Waals surface area contributed by atoms with Gasteiger partial charge in [0.2, 0.25) is 0 Å². The van der Waals surface area contributed by atoms with Crippen molar-refractivity contribution < 1.29 is 13.9 Å². The Labute approximate surface area is 207 Å². The summed E-state index contributed by atoms with van der Waals surface area (Å²) < 4.78 is 20.4. The van der Waals surface area contributed by atoms with Crippen LogP contribution < -0.4 is 10.9 Å². The van der Waals surface area contributed by atoms with Gasteiger partial charge in [0.25, 0.3) is 11.5 Å². The molecule has 2 heterocycles. The van der Waals surface area contributed by atoms with Crippen molar-refractivity contribution in [1.82, 2.24) is 9.47 Å². The Morgan fingerprint density at radius 2 is 2.00 bits per heavy atom. The highest BCUT2D eigenvalue weighted by Crippen LogP contribution is 2.35. The first-order valence-corrected chi connectivity index (χ1v) is 12.0. The summed E-state index contributed by atoms with van der Waals surface area (Å²) in [4.78, 5) is 27.7. The molecule has 0 bridgehead atoms. The van der Waals surface area contributed by atoms with E-state index in [2.05, 4.69) is 5.32 Å². The van der Waals surface area contributed by atoms with Gasteiger partial charge in [0.15, 0.2) is 0 Å². The number of thioether (sulfide) groups is 1. The Balaban J connectivity index is 1.97. The number of halogens is 1. The van der Waals surface area contributed by atoms with E-state index in [9.17, 15) is 19.2 Å². The molecule has 1 N–H and O–H groups in total. The lowest BCUT2D eigenvalue weighted by atomic mass is 10.0. The highest BCUT2D eigenvalue weighted by molar-refractivity contribution is 8.26. The van der Waals surface area contributed by atoms with E-state index in [0.29, 0.717) is 58.9 Å². The summed E-state index contributed by atoms with van der Waals surface area (Å²) in [5.74, 6) is -0.107. The maximum absolute atomic E-state index is 13.3. The van der Waals surface area contributed by atoms with Crippen molar-refractivity contribution >= 4 is 46.1 Å². The van der Waals surface area contributed by atoms with Crippen molar-refractivity contribution in [3.8, 4) is 6.07 Å². The molecule has 1 fully saturated rings. The Bertz CT molecular complexity index is 1230. The normalized spacial score (nSPS) is 14.7. The van der Waals surface area contributed by atoms with E-state index >= 15 is 0 Å². The van der Waals surface area contributed by atoms with E-state index in [0.717, 1.165) is 5.56 Å². The molecule has 34 heavy (non-hydrogen) atoms. The second-order valence-corrected chi connectivity index (χ2v) is 9.28. The first kappa shape index (κ1) is 25.6. The van der Waals surface area contributed by atoms with Crippen LogP contribution in [0.25, 0.3) is 6.08 Å². The zero-order valence-electron chi connectivity index (χ0n) is 19.2. The third-order valence-electron chi connectivity index (χ3n) is 5.40. The highest BCUT2D eigenvalue weighted by Gasteiger charge is 2.32. The number of carbonyl (C=O) groups excluding carboxylic acids is 1. The number of nitriles is 1. The first-order valence-electron chi connectivity index (χ1n) is 10.7. The minimum Gasteiger partial charge on any atom is -0.382 e. The van der Waals surface area contributed by atoms with Gasteiger partial charge in [-0.25, -0.2) is 4.39 Å². The third kappa shape index (κ3) is 5.55. The van der Waals surface area contributed by atoms with Crippen LogP contribution in [0, 0.1) is 24.1 Å². The van der Waals surface area contributed by atoms with Crippen LogP contribution in [0.3, 0.4) is 0 Å².